The van der Waals surface area contributed by atoms with E-state index in [1.807, 2.05) is 6.92 Å². The number of hydrogen-bond donors (Lipinski definition) is 3. The molecule has 0 aliphatic heterocycles. The van der Waals surface area contributed by atoms with E-state index >= 15 is 0 Å². The van der Waals surface area contributed by atoms with Gasteiger partial charge in [-0.1, -0.05) is 6.92 Å². The summed E-state index contributed by atoms with van der Waals surface area (Å²) in [5.74, 6) is -2.91. The van der Waals surface area contributed by atoms with Crippen molar-refractivity contribution in [3.8, 4) is 0 Å². The molecule has 0 radical (unpaired) electrons. The molecule has 31 heavy (non-hydrogen) atoms. The Morgan fingerprint density at radius 2 is 1.74 bits per heavy atom. The molecule has 0 bridgehead atoms. The number of carbonyl (C=O) groups excluding carboxylic acids is 1. The first kappa shape index (κ1) is 24.3. The van der Waals surface area contributed by atoms with E-state index in [1.54, 1.807) is 10.8 Å². The van der Waals surface area contributed by atoms with Crippen LogP contribution in [0.4, 0.5) is 24.5 Å². The lowest BCUT2D eigenvalue weighted by Gasteiger charge is -2.10. The van der Waals surface area contributed by atoms with Gasteiger partial charge in [-0.05, 0) is 60.4 Å². The molecule has 0 aromatic heterocycles. The maximum Gasteiger partial charge on any atom is 0.244 e. The number of rotatable bonds is 10. The van der Waals surface area contributed by atoms with Gasteiger partial charge in [0.1, 0.15) is 11.5 Å². The van der Waals surface area contributed by atoms with Gasteiger partial charge in [0.15, 0.2) is 11.6 Å². The lowest BCUT2D eigenvalue weighted by atomic mass is 10.1. The molecule has 168 valence electrons. The van der Waals surface area contributed by atoms with E-state index in [1.165, 1.54) is 24.3 Å². The fraction of sp³-hybridized carbons (Fsp3) is 0.286. The maximum absolute atomic E-state index is 14.0. The molecule has 0 unspecified atom stereocenters. The van der Waals surface area contributed by atoms with Gasteiger partial charge in [0.25, 0.3) is 0 Å². The van der Waals surface area contributed by atoms with E-state index in [0.29, 0.717) is 17.8 Å². The van der Waals surface area contributed by atoms with E-state index in [2.05, 4.69) is 10.6 Å². The summed E-state index contributed by atoms with van der Waals surface area (Å²) in [5, 5.41) is 5.68. The summed E-state index contributed by atoms with van der Waals surface area (Å²) in [4.78, 5) is 12.0. The third-order valence-corrected chi connectivity index (χ3v) is 4.67. The summed E-state index contributed by atoms with van der Waals surface area (Å²) < 4.78 is 65.5. The van der Waals surface area contributed by atoms with Crippen molar-refractivity contribution < 1.29 is 26.4 Å². The van der Waals surface area contributed by atoms with Crippen molar-refractivity contribution in [3.63, 3.8) is 0 Å². The number of amides is 1. The van der Waals surface area contributed by atoms with Crippen LogP contribution < -0.4 is 15.4 Å². The second-order valence-corrected chi connectivity index (χ2v) is 8.59. The Bertz CT molecular complexity index is 1050. The van der Waals surface area contributed by atoms with Crippen LogP contribution in [0.15, 0.2) is 36.4 Å². The van der Waals surface area contributed by atoms with Crippen molar-refractivity contribution in [2.24, 2.45) is 0 Å². The Morgan fingerprint density at radius 3 is 2.35 bits per heavy atom. The summed E-state index contributed by atoms with van der Waals surface area (Å²) in [6.45, 7) is 2.73. The van der Waals surface area contributed by atoms with E-state index in [0.717, 1.165) is 24.8 Å². The van der Waals surface area contributed by atoms with Gasteiger partial charge in [-0.3, -0.25) is 9.52 Å². The Hall–Kier alpha value is -3.01. The fourth-order valence-corrected chi connectivity index (χ4v) is 3.26. The highest BCUT2D eigenvalue weighted by Gasteiger charge is 2.15. The highest BCUT2D eigenvalue weighted by Crippen LogP contribution is 2.22. The average Bonchev–Trinajstić information content (AvgIpc) is 2.67. The SMILES string of the molecule is CCCNc1cc(F)ccc1C=CC(=O)NCCc1cc(F)c(NS(C)(=O)=O)c(F)c1. The molecule has 1 amide bonds. The van der Waals surface area contributed by atoms with Gasteiger partial charge in [-0.15, -0.1) is 0 Å². The third kappa shape index (κ3) is 7.97. The Balaban J connectivity index is 1.95. The number of halogens is 3. The van der Waals surface area contributed by atoms with Gasteiger partial charge in [0, 0.05) is 24.9 Å². The van der Waals surface area contributed by atoms with Crippen LogP contribution in [0.25, 0.3) is 6.08 Å². The number of carbonyl (C=O) groups is 1. The Morgan fingerprint density at radius 1 is 1.06 bits per heavy atom. The first-order chi connectivity index (χ1) is 14.6. The predicted molar refractivity (Wildman–Crippen MR) is 116 cm³/mol. The standard InChI is InChI=1S/C21H24F3N3O3S/c1-3-9-25-19-13-16(22)6-4-15(19)5-7-20(28)26-10-8-14-11-17(23)21(18(24)12-14)27-31(2,29)30/h4-7,11-13,25,27H,3,8-10H2,1-2H3,(H,26,28). The third-order valence-electron chi connectivity index (χ3n) is 4.10. The second-order valence-electron chi connectivity index (χ2n) is 6.84. The lowest BCUT2D eigenvalue weighted by Crippen LogP contribution is -2.23. The molecular formula is C21H24F3N3O3S. The van der Waals surface area contributed by atoms with Gasteiger partial charge in [-0.25, -0.2) is 21.6 Å². The largest absolute Gasteiger partial charge is 0.384 e. The molecule has 0 saturated heterocycles. The summed E-state index contributed by atoms with van der Waals surface area (Å²) in [6.07, 6.45) is 4.60. The minimum absolute atomic E-state index is 0.102. The molecule has 0 aliphatic rings. The van der Waals surface area contributed by atoms with Crippen LogP contribution in [0.2, 0.25) is 0 Å². The van der Waals surface area contributed by atoms with Crippen molar-refractivity contribution in [2.45, 2.75) is 19.8 Å². The topological polar surface area (TPSA) is 87.3 Å². The van der Waals surface area contributed by atoms with Gasteiger partial charge < -0.3 is 10.6 Å². The number of anilines is 2. The molecule has 0 atom stereocenters. The number of sulfonamides is 1. The summed E-state index contributed by atoms with van der Waals surface area (Å²) in [5.41, 5.74) is 0.718. The molecule has 0 fully saturated rings. The van der Waals surface area contributed by atoms with Gasteiger partial charge in [-0.2, -0.15) is 0 Å². The van der Waals surface area contributed by atoms with Crippen LogP contribution in [-0.4, -0.2) is 33.7 Å². The molecule has 0 saturated carbocycles. The van der Waals surface area contributed by atoms with Crippen LogP contribution in [0, 0.1) is 17.5 Å². The van der Waals surface area contributed by atoms with Crippen LogP contribution >= 0.6 is 0 Å². The monoisotopic (exact) mass is 455 g/mol. The van der Waals surface area contributed by atoms with Crippen LogP contribution in [0.3, 0.4) is 0 Å². The highest BCUT2D eigenvalue weighted by molar-refractivity contribution is 7.92. The summed E-state index contributed by atoms with van der Waals surface area (Å²) in [6, 6.07) is 6.19. The Labute approximate surface area is 179 Å². The lowest BCUT2D eigenvalue weighted by molar-refractivity contribution is -0.116. The van der Waals surface area contributed by atoms with Crippen molar-refractivity contribution in [1.82, 2.24) is 5.32 Å². The molecule has 2 aromatic carbocycles. The molecule has 0 spiro atoms. The fourth-order valence-electron chi connectivity index (χ4n) is 2.69. The second kappa shape index (κ2) is 10.9. The zero-order valence-electron chi connectivity index (χ0n) is 17.1. The normalized spacial score (nSPS) is 11.5. The zero-order valence-corrected chi connectivity index (χ0v) is 18.0. The number of hydrogen-bond acceptors (Lipinski definition) is 4. The van der Waals surface area contributed by atoms with Gasteiger partial charge in [0.05, 0.1) is 6.26 Å². The predicted octanol–water partition coefficient (Wildman–Crippen LogP) is 3.67. The van der Waals surface area contributed by atoms with E-state index in [9.17, 15) is 26.4 Å². The van der Waals surface area contributed by atoms with E-state index in [4.69, 9.17) is 0 Å². The van der Waals surface area contributed by atoms with Crippen LogP contribution in [-0.2, 0) is 21.2 Å². The van der Waals surface area contributed by atoms with Crippen molar-refractivity contribution in [2.75, 3.05) is 29.4 Å². The first-order valence-corrected chi connectivity index (χ1v) is 11.4. The zero-order chi connectivity index (χ0) is 23.0. The summed E-state index contributed by atoms with van der Waals surface area (Å²) >= 11 is 0. The van der Waals surface area contributed by atoms with Crippen molar-refractivity contribution in [3.05, 3.63) is 65.0 Å². The van der Waals surface area contributed by atoms with E-state index in [-0.39, 0.29) is 18.5 Å². The minimum atomic E-state index is -3.82. The molecule has 3 N–H and O–H groups in total. The molecule has 6 nitrogen and oxygen atoms in total. The maximum atomic E-state index is 14.0. The van der Waals surface area contributed by atoms with E-state index < -0.39 is 39.1 Å². The molecule has 2 aromatic rings. The smallest absolute Gasteiger partial charge is 0.244 e. The van der Waals surface area contributed by atoms with Crippen LogP contribution in [0.5, 0.6) is 0 Å². The summed E-state index contributed by atoms with van der Waals surface area (Å²) in [7, 11) is -3.82. The number of benzene rings is 2. The minimum Gasteiger partial charge on any atom is -0.384 e. The highest BCUT2D eigenvalue weighted by atomic mass is 32.2. The quantitative estimate of drug-likeness (QED) is 0.477. The first-order valence-electron chi connectivity index (χ1n) is 9.54. The van der Waals surface area contributed by atoms with Gasteiger partial charge in [0.2, 0.25) is 15.9 Å². The van der Waals surface area contributed by atoms with Crippen molar-refractivity contribution in [1.29, 1.82) is 0 Å². The molecule has 10 heteroatoms. The van der Waals surface area contributed by atoms with Gasteiger partial charge >= 0.3 is 0 Å². The molecule has 0 aliphatic carbocycles. The van der Waals surface area contributed by atoms with Crippen molar-refractivity contribution >= 4 is 33.4 Å². The average molecular weight is 456 g/mol. The number of nitrogens with one attached hydrogen (secondary N) is 3. The molecule has 2 rings (SSSR count). The Kier molecular flexibility index (Phi) is 8.49. The molecular weight excluding hydrogens is 431 g/mol. The molecule has 0 heterocycles. The van der Waals surface area contributed by atoms with Crippen LogP contribution in [0.1, 0.15) is 24.5 Å².